The number of rotatable bonds is 3. The molecule has 140 valence electrons. The average molecular weight is 395 g/mol. The summed E-state index contributed by atoms with van der Waals surface area (Å²) in [4.78, 5) is 14.3. The standard InChI is InChI=1S/C18H24Cl2N6/c1-23-11-16-17(24(2)12-23)22-18(25-7-5-21-6-8-25)26(16)10-13-3-4-14(19)15(20)9-13/h3-4,9,11,18,21H,5-8,10,12H2,1-2H3. The second kappa shape index (κ2) is 7.27. The lowest BCUT2D eigenvalue weighted by Crippen LogP contribution is -2.52. The monoisotopic (exact) mass is 394 g/mol. The summed E-state index contributed by atoms with van der Waals surface area (Å²) in [5.41, 5.74) is 2.30. The molecule has 4 rings (SSSR count). The van der Waals surface area contributed by atoms with E-state index in [-0.39, 0.29) is 6.29 Å². The molecule has 0 radical (unpaired) electrons. The molecule has 0 spiro atoms. The zero-order valence-corrected chi connectivity index (χ0v) is 16.6. The highest BCUT2D eigenvalue weighted by atomic mass is 35.5. The summed E-state index contributed by atoms with van der Waals surface area (Å²) in [5, 5.41) is 4.60. The Morgan fingerprint density at radius 2 is 1.92 bits per heavy atom. The highest BCUT2D eigenvalue weighted by molar-refractivity contribution is 6.42. The maximum absolute atomic E-state index is 6.24. The molecule has 1 atom stereocenters. The van der Waals surface area contributed by atoms with E-state index in [1.54, 1.807) is 0 Å². The van der Waals surface area contributed by atoms with E-state index in [4.69, 9.17) is 28.2 Å². The zero-order chi connectivity index (χ0) is 18.3. The van der Waals surface area contributed by atoms with Crippen molar-refractivity contribution in [2.45, 2.75) is 12.8 Å². The van der Waals surface area contributed by atoms with Gasteiger partial charge in [0.05, 0.1) is 22.4 Å². The summed E-state index contributed by atoms with van der Waals surface area (Å²) in [5.74, 6) is 1.06. The Kier molecular flexibility index (Phi) is 5.01. The fourth-order valence-corrected chi connectivity index (χ4v) is 4.09. The molecule has 26 heavy (non-hydrogen) atoms. The predicted molar refractivity (Wildman–Crippen MR) is 106 cm³/mol. The van der Waals surface area contributed by atoms with Crippen LogP contribution >= 0.6 is 23.2 Å². The average Bonchev–Trinajstić information content (AvgIpc) is 2.98. The van der Waals surface area contributed by atoms with Gasteiger partial charge >= 0.3 is 0 Å². The second-order valence-electron chi connectivity index (χ2n) is 7.07. The van der Waals surface area contributed by atoms with Crippen molar-refractivity contribution in [2.75, 3.05) is 46.9 Å². The molecule has 3 aliphatic rings. The molecule has 6 nitrogen and oxygen atoms in total. The summed E-state index contributed by atoms with van der Waals surface area (Å²) in [7, 11) is 4.19. The Morgan fingerprint density at radius 3 is 2.65 bits per heavy atom. The minimum Gasteiger partial charge on any atom is -0.361 e. The zero-order valence-electron chi connectivity index (χ0n) is 15.1. The molecular formula is C18H24Cl2N6. The number of likely N-dealkylation sites (N-methyl/N-ethyl adjacent to an activating group) is 1. The minimum absolute atomic E-state index is 0.0155. The Bertz CT molecular complexity index is 743. The minimum atomic E-state index is 0.0155. The van der Waals surface area contributed by atoms with Crippen LogP contribution in [0.25, 0.3) is 0 Å². The molecule has 1 aromatic rings. The molecule has 1 saturated heterocycles. The first-order valence-corrected chi connectivity index (χ1v) is 9.65. The largest absolute Gasteiger partial charge is 0.361 e. The highest BCUT2D eigenvalue weighted by Gasteiger charge is 2.38. The lowest BCUT2D eigenvalue weighted by atomic mass is 10.2. The van der Waals surface area contributed by atoms with Gasteiger partial charge in [0.1, 0.15) is 0 Å². The van der Waals surface area contributed by atoms with Crippen molar-refractivity contribution >= 4 is 29.0 Å². The van der Waals surface area contributed by atoms with Crippen molar-refractivity contribution in [2.24, 2.45) is 4.99 Å². The smallest absolute Gasteiger partial charge is 0.181 e. The highest BCUT2D eigenvalue weighted by Crippen LogP contribution is 2.31. The maximum atomic E-state index is 6.24. The number of benzene rings is 1. The van der Waals surface area contributed by atoms with Crippen molar-refractivity contribution in [1.29, 1.82) is 0 Å². The normalized spacial score (nSPS) is 23.8. The molecule has 1 unspecified atom stereocenters. The van der Waals surface area contributed by atoms with Gasteiger partial charge in [-0.1, -0.05) is 29.3 Å². The Labute approximate surface area is 164 Å². The van der Waals surface area contributed by atoms with Gasteiger partial charge in [0, 0.05) is 53.0 Å². The van der Waals surface area contributed by atoms with Gasteiger partial charge in [0.25, 0.3) is 0 Å². The third-order valence-corrected chi connectivity index (χ3v) is 5.75. The number of hydrogen-bond acceptors (Lipinski definition) is 6. The van der Waals surface area contributed by atoms with E-state index in [2.05, 4.69) is 45.2 Å². The molecule has 8 heteroatoms. The number of hydrogen-bond donors (Lipinski definition) is 1. The third-order valence-electron chi connectivity index (χ3n) is 5.01. The van der Waals surface area contributed by atoms with Gasteiger partial charge < -0.3 is 20.0 Å². The Balaban J connectivity index is 1.66. The molecule has 0 saturated carbocycles. The molecule has 0 aromatic heterocycles. The maximum Gasteiger partial charge on any atom is 0.181 e. The van der Waals surface area contributed by atoms with Gasteiger partial charge in [-0.15, -0.1) is 0 Å². The summed E-state index contributed by atoms with van der Waals surface area (Å²) in [6.45, 7) is 5.56. The topological polar surface area (TPSA) is 37.4 Å². The molecule has 0 aliphatic carbocycles. The van der Waals surface area contributed by atoms with E-state index < -0.39 is 0 Å². The number of fused-ring (bicyclic) bond motifs is 1. The van der Waals surface area contributed by atoms with Crippen molar-refractivity contribution in [1.82, 2.24) is 24.9 Å². The van der Waals surface area contributed by atoms with E-state index in [1.165, 1.54) is 0 Å². The van der Waals surface area contributed by atoms with Gasteiger partial charge in [-0.2, -0.15) is 0 Å². The van der Waals surface area contributed by atoms with Crippen molar-refractivity contribution in [3.63, 3.8) is 0 Å². The first kappa shape index (κ1) is 17.9. The number of piperazine rings is 1. The van der Waals surface area contributed by atoms with Gasteiger partial charge in [0.15, 0.2) is 12.1 Å². The van der Waals surface area contributed by atoms with Crippen LogP contribution in [-0.2, 0) is 6.54 Å². The summed E-state index contributed by atoms with van der Waals surface area (Å²) in [6, 6.07) is 5.86. The molecule has 3 heterocycles. The number of amidine groups is 1. The lowest BCUT2D eigenvalue weighted by Gasteiger charge is -2.38. The van der Waals surface area contributed by atoms with E-state index in [9.17, 15) is 0 Å². The molecule has 3 aliphatic heterocycles. The first-order chi connectivity index (χ1) is 12.5. The van der Waals surface area contributed by atoms with Crippen LogP contribution in [0.3, 0.4) is 0 Å². The first-order valence-electron chi connectivity index (χ1n) is 8.89. The summed E-state index contributed by atoms with van der Waals surface area (Å²) >= 11 is 12.3. The number of aliphatic imine (C=N–C) groups is 1. The summed E-state index contributed by atoms with van der Waals surface area (Å²) in [6.07, 6.45) is 2.21. The Hall–Kier alpha value is -1.47. The van der Waals surface area contributed by atoms with Crippen molar-refractivity contribution < 1.29 is 0 Å². The van der Waals surface area contributed by atoms with Gasteiger partial charge in [-0.05, 0) is 17.7 Å². The van der Waals surface area contributed by atoms with Crippen LogP contribution in [0.1, 0.15) is 5.56 Å². The molecule has 0 amide bonds. The second-order valence-corrected chi connectivity index (χ2v) is 7.89. The van der Waals surface area contributed by atoms with Gasteiger partial charge in [0.2, 0.25) is 0 Å². The third kappa shape index (κ3) is 3.39. The lowest BCUT2D eigenvalue weighted by molar-refractivity contribution is 0.0701. The van der Waals surface area contributed by atoms with Gasteiger partial charge in [-0.25, -0.2) is 4.99 Å². The quantitative estimate of drug-likeness (QED) is 0.849. The molecule has 1 fully saturated rings. The van der Waals surface area contributed by atoms with Crippen molar-refractivity contribution in [3.8, 4) is 0 Å². The molecule has 1 N–H and O–H groups in total. The number of halogens is 2. The number of nitrogens with one attached hydrogen (secondary N) is 1. The van der Waals surface area contributed by atoms with Crippen LogP contribution in [0.4, 0.5) is 0 Å². The van der Waals surface area contributed by atoms with Crippen LogP contribution in [0, 0.1) is 0 Å². The van der Waals surface area contributed by atoms with Crippen LogP contribution in [0.5, 0.6) is 0 Å². The van der Waals surface area contributed by atoms with E-state index in [0.717, 1.165) is 56.5 Å². The van der Waals surface area contributed by atoms with E-state index in [1.807, 2.05) is 18.2 Å². The molecule has 0 bridgehead atoms. The van der Waals surface area contributed by atoms with Crippen LogP contribution in [0.15, 0.2) is 35.1 Å². The fourth-order valence-electron chi connectivity index (χ4n) is 3.77. The predicted octanol–water partition coefficient (Wildman–Crippen LogP) is 2.07. The van der Waals surface area contributed by atoms with Crippen LogP contribution < -0.4 is 5.32 Å². The fraction of sp³-hybridized carbons (Fsp3) is 0.500. The van der Waals surface area contributed by atoms with E-state index in [0.29, 0.717) is 10.0 Å². The number of nitrogens with zero attached hydrogens (tertiary/aromatic N) is 5. The van der Waals surface area contributed by atoms with E-state index >= 15 is 0 Å². The summed E-state index contributed by atoms with van der Waals surface area (Å²) < 4.78 is 0. The Morgan fingerprint density at radius 1 is 1.15 bits per heavy atom. The van der Waals surface area contributed by atoms with Gasteiger partial charge in [-0.3, -0.25) is 4.90 Å². The van der Waals surface area contributed by atoms with Crippen LogP contribution in [-0.4, -0.2) is 78.7 Å². The van der Waals surface area contributed by atoms with Crippen LogP contribution in [0.2, 0.25) is 10.0 Å². The SMILES string of the molecule is CN1C=C2C(=NC(N3CCNCC3)N2Cc2ccc(Cl)c(Cl)c2)N(C)C1. The molecular weight excluding hydrogens is 371 g/mol. The van der Waals surface area contributed by atoms with Crippen molar-refractivity contribution in [3.05, 3.63) is 45.7 Å². The molecule has 1 aromatic carbocycles.